The minimum atomic E-state index is -4.78. The summed E-state index contributed by atoms with van der Waals surface area (Å²) < 4.78 is 39.3. The van der Waals surface area contributed by atoms with Gasteiger partial charge >= 0.3 is 25.7 Å². The predicted octanol–water partition coefficient (Wildman–Crippen LogP) is 16.0. The first-order valence-corrected chi connectivity index (χ1v) is 28.9. The molecule has 11 nitrogen and oxygen atoms in total. The Bertz CT molecular complexity index is 1670. The molecule has 0 radical (unpaired) electrons. The molecule has 0 aliphatic heterocycles. The number of carbonyl (C=O) groups excluding carboxylic acids is 3. The molecule has 0 aliphatic carbocycles. The molecule has 0 saturated carbocycles. The van der Waals surface area contributed by atoms with Crippen LogP contribution < -0.4 is 0 Å². The summed E-state index contributed by atoms with van der Waals surface area (Å²) in [6, 6.07) is 0. The molecule has 0 saturated heterocycles. The van der Waals surface area contributed by atoms with E-state index in [0.717, 1.165) is 116 Å². The lowest BCUT2D eigenvalue weighted by molar-refractivity contribution is -0.161. The van der Waals surface area contributed by atoms with Gasteiger partial charge in [0.2, 0.25) is 0 Å². The van der Waals surface area contributed by atoms with Crippen molar-refractivity contribution in [2.45, 2.75) is 213 Å². The van der Waals surface area contributed by atoms with Crippen molar-refractivity contribution in [2.24, 2.45) is 0 Å². The van der Waals surface area contributed by atoms with E-state index in [0.29, 0.717) is 19.3 Å². The van der Waals surface area contributed by atoms with E-state index in [9.17, 15) is 28.9 Å². The maximum Gasteiger partial charge on any atom is 0.472 e. The van der Waals surface area contributed by atoms with E-state index in [1.165, 1.54) is 25.7 Å². The van der Waals surface area contributed by atoms with E-state index in [2.05, 4.69) is 130 Å². The molecule has 0 heterocycles. The molecule has 0 spiro atoms. The Morgan fingerprint density at radius 2 is 0.750 bits per heavy atom. The maximum atomic E-state index is 12.9. The third-order valence-corrected chi connectivity index (χ3v) is 11.8. The van der Waals surface area contributed by atoms with Gasteiger partial charge in [0.15, 0.2) is 6.10 Å². The first kappa shape index (κ1) is 67.9. The number of unbranched alkanes of at least 4 members (excludes halogenated alkanes) is 12. The van der Waals surface area contributed by atoms with Crippen LogP contribution in [0.1, 0.15) is 201 Å². The van der Waals surface area contributed by atoms with E-state index < -0.39 is 57.8 Å². The molecule has 0 aromatic carbocycles. The first-order valence-electron chi connectivity index (χ1n) is 27.4. The molecular formula is C60H97O11P. The largest absolute Gasteiger partial charge is 0.472 e. The van der Waals surface area contributed by atoms with Crippen LogP contribution >= 0.6 is 7.82 Å². The highest BCUT2D eigenvalue weighted by atomic mass is 31.2. The zero-order valence-corrected chi connectivity index (χ0v) is 45.7. The summed E-state index contributed by atoms with van der Waals surface area (Å²) in [7, 11) is -4.78. The minimum Gasteiger partial charge on any atom is -0.462 e. The lowest BCUT2D eigenvalue weighted by Crippen LogP contribution is -2.30. The highest BCUT2D eigenvalue weighted by molar-refractivity contribution is 7.47. The number of aliphatic hydroxyl groups is 1. The Balaban J connectivity index is 4.84. The number of ether oxygens (including phenoxy) is 3. The summed E-state index contributed by atoms with van der Waals surface area (Å²) in [5.74, 6) is -1.62. The number of hydrogen-bond donors (Lipinski definition) is 2. The molecule has 408 valence electrons. The fourth-order valence-electron chi connectivity index (χ4n) is 6.74. The van der Waals surface area contributed by atoms with Crippen molar-refractivity contribution in [1.29, 1.82) is 0 Å². The van der Waals surface area contributed by atoms with Gasteiger partial charge in [-0.25, -0.2) is 4.57 Å². The maximum absolute atomic E-state index is 12.9. The standard InChI is InChI=1S/C60H97O11P/c1-4-7-10-13-16-19-22-25-26-27-28-29-30-33-34-37-40-43-46-49-58(62)67-53-57(71-60(64)51-48-45-42-39-36-32-24-21-18-15-12-9-6-3)55-69-72(65,66)68-54-56(52-61)70-59(63)50-47-44-41-38-35-31-23-20-17-14-11-8-5-2/h8-9,11-12,16-21,25-26,28-29,31-32,35-36,42,45,56-57,61H,4-7,10,13-15,22-24,27,30,33-34,37-41,43-44,46-55H2,1-3H3,(H,65,66)/b11-8-,12-9-,19-16-,20-17-,21-18-,26-25-,29-28-,35-31-,36-32-,45-42-. The van der Waals surface area contributed by atoms with Crippen molar-refractivity contribution in [1.82, 2.24) is 0 Å². The molecule has 0 aromatic heterocycles. The van der Waals surface area contributed by atoms with Crippen molar-refractivity contribution in [3.05, 3.63) is 122 Å². The number of esters is 3. The van der Waals surface area contributed by atoms with Crippen LogP contribution in [0.4, 0.5) is 0 Å². The van der Waals surface area contributed by atoms with Crippen LogP contribution in [-0.4, -0.2) is 66.5 Å². The summed E-state index contributed by atoms with van der Waals surface area (Å²) >= 11 is 0. The van der Waals surface area contributed by atoms with E-state index in [1.54, 1.807) is 0 Å². The Labute approximate surface area is 437 Å². The van der Waals surface area contributed by atoms with Crippen LogP contribution in [0.25, 0.3) is 0 Å². The number of allylic oxidation sites excluding steroid dienone is 20. The zero-order chi connectivity index (χ0) is 52.7. The van der Waals surface area contributed by atoms with Crippen LogP contribution in [0.2, 0.25) is 0 Å². The number of aliphatic hydroxyl groups excluding tert-OH is 1. The van der Waals surface area contributed by atoms with Gasteiger partial charge in [-0.2, -0.15) is 0 Å². The van der Waals surface area contributed by atoms with E-state index in [-0.39, 0.29) is 25.9 Å². The smallest absolute Gasteiger partial charge is 0.462 e. The van der Waals surface area contributed by atoms with Gasteiger partial charge in [-0.3, -0.25) is 23.4 Å². The number of carbonyl (C=O) groups is 3. The Morgan fingerprint density at radius 3 is 1.21 bits per heavy atom. The van der Waals surface area contributed by atoms with E-state index in [1.807, 2.05) is 12.2 Å². The van der Waals surface area contributed by atoms with Crippen LogP contribution in [0.5, 0.6) is 0 Å². The molecule has 3 unspecified atom stereocenters. The van der Waals surface area contributed by atoms with Gasteiger partial charge in [0.05, 0.1) is 19.8 Å². The van der Waals surface area contributed by atoms with E-state index in [4.69, 9.17) is 23.3 Å². The predicted molar refractivity (Wildman–Crippen MR) is 297 cm³/mol. The quantitative estimate of drug-likeness (QED) is 0.0197. The number of rotatable bonds is 49. The van der Waals surface area contributed by atoms with Gasteiger partial charge in [0.25, 0.3) is 0 Å². The monoisotopic (exact) mass is 1020 g/mol. The molecular weight excluding hydrogens is 928 g/mol. The fraction of sp³-hybridized carbons (Fsp3) is 0.617. The highest BCUT2D eigenvalue weighted by Crippen LogP contribution is 2.43. The van der Waals surface area contributed by atoms with Gasteiger partial charge < -0.3 is 24.2 Å². The second-order valence-electron chi connectivity index (χ2n) is 17.6. The summed E-state index contributed by atoms with van der Waals surface area (Å²) in [6.07, 6.45) is 64.7. The normalized spacial score (nSPS) is 14.3. The Morgan fingerprint density at radius 1 is 0.403 bits per heavy atom. The molecule has 2 N–H and O–H groups in total. The third-order valence-electron chi connectivity index (χ3n) is 10.9. The van der Waals surface area contributed by atoms with Crippen molar-refractivity contribution < 1.29 is 52.2 Å². The van der Waals surface area contributed by atoms with Crippen LogP contribution in [0.3, 0.4) is 0 Å². The number of phosphoric ester groups is 1. The molecule has 0 aromatic rings. The summed E-state index contributed by atoms with van der Waals surface area (Å²) in [5.41, 5.74) is 0. The molecule has 0 rings (SSSR count). The van der Waals surface area contributed by atoms with Gasteiger partial charge in [-0.15, -0.1) is 0 Å². The lowest BCUT2D eigenvalue weighted by atomic mass is 10.1. The topological polar surface area (TPSA) is 155 Å². The highest BCUT2D eigenvalue weighted by Gasteiger charge is 2.28. The molecule has 0 amide bonds. The van der Waals surface area contributed by atoms with Crippen LogP contribution in [0, 0.1) is 0 Å². The van der Waals surface area contributed by atoms with Gasteiger partial charge in [-0.1, -0.05) is 187 Å². The molecule has 72 heavy (non-hydrogen) atoms. The second-order valence-corrected chi connectivity index (χ2v) is 19.1. The van der Waals surface area contributed by atoms with Gasteiger partial charge in [0, 0.05) is 19.3 Å². The van der Waals surface area contributed by atoms with Crippen molar-refractivity contribution in [3.8, 4) is 0 Å². The summed E-state index contributed by atoms with van der Waals surface area (Å²) in [4.78, 5) is 48.4. The lowest BCUT2D eigenvalue weighted by Gasteiger charge is -2.21. The summed E-state index contributed by atoms with van der Waals surface area (Å²) in [5, 5.41) is 9.78. The summed E-state index contributed by atoms with van der Waals surface area (Å²) in [6.45, 7) is 4.22. The molecule has 3 atom stereocenters. The van der Waals surface area contributed by atoms with Crippen LogP contribution in [0.15, 0.2) is 122 Å². The average molecular weight is 1030 g/mol. The average Bonchev–Trinajstić information content (AvgIpc) is 3.37. The molecule has 0 bridgehead atoms. The SMILES string of the molecule is CC/C=C\C/C=C\C/C=C\C/C=C\CCC(=O)OC(COC(=O)CCCCCCCC/C=C\C/C=C\C/C=C\CCCCC)COP(=O)(O)OCC(CO)OC(=O)CCCCC/C=C\C/C=C\C/C=C\CC. The molecule has 0 fully saturated rings. The Kier molecular flexibility index (Phi) is 50.1. The van der Waals surface area contributed by atoms with Crippen molar-refractivity contribution in [2.75, 3.05) is 26.4 Å². The fourth-order valence-corrected chi connectivity index (χ4v) is 7.53. The number of phosphoric acid groups is 1. The number of hydrogen-bond acceptors (Lipinski definition) is 10. The minimum absolute atomic E-state index is 0.0347. The third kappa shape index (κ3) is 50.8. The Hall–Kier alpha value is -4.12. The molecule has 0 aliphatic rings. The van der Waals surface area contributed by atoms with Crippen molar-refractivity contribution >= 4 is 25.7 Å². The molecule has 12 heteroatoms. The van der Waals surface area contributed by atoms with Crippen LogP contribution in [-0.2, 0) is 42.2 Å². The van der Waals surface area contributed by atoms with E-state index >= 15 is 0 Å². The second kappa shape index (κ2) is 53.2. The van der Waals surface area contributed by atoms with Gasteiger partial charge in [0.1, 0.15) is 12.7 Å². The van der Waals surface area contributed by atoms with Gasteiger partial charge in [-0.05, 0) is 116 Å². The zero-order valence-electron chi connectivity index (χ0n) is 44.8. The van der Waals surface area contributed by atoms with Crippen molar-refractivity contribution in [3.63, 3.8) is 0 Å². The first-order chi connectivity index (χ1) is 35.2.